The van der Waals surface area contributed by atoms with Crippen molar-refractivity contribution in [2.45, 2.75) is 33.1 Å². The number of hydrogen-bond acceptors (Lipinski definition) is 1. The fourth-order valence-electron chi connectivity index (χ4n) is 1.70. The van der Waals surface area contributed by atoms with E-state index in [-0.39, 0.29) is 11.6 Å². The molecule has 0 aliphatic carbocycles. The molecule has 1 amide bonds. The molecule has 94 valence electrons. The van der Waals surface area contributed by atoms with Gasteiger partial charge in [0, 0.05) is 18.2 Å². The summed E-state index contributed by atoms with van der Waals surface area (Å²) in [5.74, 6) is -1.74. The molecule has 2 nitrogen and oxygen atoms in total. The molecule has 0 aromatic heterocycles. The molecule has 0 aliphatic rings. The zero-order chi connectivity index (χ0) is 12.8. The molecule has 1 aromatic carbocycles. The van der Waals surface area contributed by atoms with Crippen LogP contribution in [0.1, 0.15) is 33.1 Å². The molecule has 1 rings (SSSR count). The molecule has 1 atom stereocenters. The van der Waals surface area contributed by atoms with Crippen molar-refractivity contribution in [1.29, 1.82) is 0 Å². The van der Waals surface area contributed by atoms with Gasteiger partial charge >= 0.3 is 0 Å². The molecule has 0 heterocycles. The third-order valence-corrected chi connectivity index (χ3v) is 2.52. The molecule has 0 radical (unpaired) electrons. The highest BCUT2D eigenvalue weighted by Gasteiger charge is 2.09. The minimum absolute atomic E-state index is 0.169. The number of halogens is 2. The number of rotatable bonds is 5. The summed E-state index contributed by atoms with van der Waals surface area (Å²) < 4.78 is 25.5. The monoisotopic (exact) mass is 241 g/mol. The van der Waals surface area contributed by atoms with Gasteiger partial charge in [-0.1, -0.05) is 26.7 Å². The quantitative estimate of drug-likeness (QED) is 0.836. The van der Waals surface area contributed by atoms with E-state index < -0.39 is 11.6 Å². The molecule has 0 fully saturated rings. The molecule has 0 saturated heterocycles. The third-order valence-electron chi connectivity index (χ3n) is 2.52. The Labute approximate surface area is 100 Å². The van der Waals surface area contributed by atoms with E-state index in [2.05, 4.69) is 12.2 Å². The van der Waals surface area contributed by atoms with E-state index in [1.54, 1.807) is 0 Å². The van der Waals surface area contributed by atoms with Crippen LogP contribution >= 0.6 is 0 Å². The van der Waals surface area contributed by atoms with Gasteiger partial charge in [-0.25, -0.2) is 8.78 Å². The van der Waals surface area contributed by atoms with E-state index in [0.717, 1.165) is 25.0 Å². The zero-order valence-electron chi connectivity index (χ0n) is 10.1. The average molecular weight is 241 g/mol. The maximum atomic E-state index is 12.9. The Kier molecular flexibility index (Phi) is 5.07. The van der Waals surface area contributed by atoms with Crippen molar-refractivity contribution in [1.82, 2.24) is 0 Å². The predicted molar refractivity (Wildman–Crippen MR) is 63.7 cm³/mol. The lowest BCUT2D eigenvalue weighted by Crippen LogP contribution is -2.15. The van der Waals surface area contributed by atoms with Crippen molar-refractivity contribution >= 4 is 11.6 Å². The highest BCUT2D eigenvalue weighted by Crippen LogP contribution is 2.15. The molecule has 17 heavy (non-hydrogen) atoms. The van der Waals surface area contributed by atoms with Crippen molar-refractivity contribution in [2.75, 3.05) is 5.32 Å². The van der Waals surface area contributed by atoms with Gasteiger partial charge < -0.3 is 5.32 Å². The fraction of sp³-hybridized carbons (Fsp3) is 0.462. The van der Waals surface area contributed by atoms with Crippen LogP contribution in [0.2, 0.25) is 0 Å². The van der Waals surface area contributed by atoms with Gasteiger partial charge in [-0.2, -0.15) is 0 Å². The summed E-state index contributed by atoms with van der Waals surface area (Å²) in [6.07, 6.45) is 2.40. The lowest BCUT2D eigenvalue weighted by atomic mass is 10.0. The van der Waals surface area contributed by atoms with Gasteiger partial charge in [0.05, 0.1) is 0 Å². The minimum atomic E-state index is -0.954. The molecule has 0 bridgehead atoms. The summed E-state index contributed by atoms with van der Waals surface area (Å²) in [4.78, 5) is 11.6. The lowest BCUT2D eigenvalue weighted by Gasteiger charge is -2.10. The van der Waals surface area contributed by atoms with Gasteiger partial charge in [0.15, 0.2) is 11.6 Å². The van der Waals surface area contributed by atoms with Gasteiger partial charge in [0.25, 0.3) is 0 Å². The molecule has 0 spiro atoms. The van der Waals surface area contributed by atoms with E-state index in [0.29, 0.717) is 12.3 Å². The number of carbonyl (C=O) groups is 1. The second kappa shape index (κ2) is 6.33. The Balaban J connectivity index is 2.53. The topological polar surface area (TPSA) is 29.1 Å². The first-order chi connectivity index (χ1) is 8.02. The van der Waals surface area contributed by atoms with Crippen LogP contribution in [0, 0.1) is 17.6 Å². The summed E-state index contributed by atoms with van der Waals surface area (Å²) >= 11 is 0. The summed E-state index contributed by atoms with van der Waals surface area (Å²) in [6, 6.07) is 3.33. The Morgan fingerprint density at radius 2 is 2.06 bits per heavy atom. The first-order valence-corrected chi connectivity index (χ1v) is 5.77. The smallest absolute Gasteiger partial charge is 0.224 e. The second-order valence-electron chi connectivity index (χ2n) is 4.28. The summed E-state index contributed by atoms with van der Waals surface area (Å²) in [7, 11) is 0. The van der Waals surface area contributed by atoms with Gasteiger partial charge in [0.2, 0.25) is 5.91 Å². The van der Waals surface area contributed by atoms with E-state index >= 15 is 0 Å². The van der Waals surface area contributed by atoms with Crippen molar-refractivity contribution in [2.24, 2.45) is 5.92 Å². The van der Waals surface area contributed by atoms with Crippen LogP contribution in [0.5, 0.6) is 0 Å². The normalized spacial score (nSPS) is 12.2. The molecule has 4 heteroatoms. The second-order valence-corrected chi connectivity index (χ2v) is 4.28. The van der Waals surface area contributed by atoms with E-state index in [9.17, 15) is 13.6 Å². The van der Waals surface area contributed by atoms with Crippen LogP contribution < -0.4 is 5.32 Å². The van der Waals surface area contributed by atoms with E-state index in [1.807, 2.05) is 6.92 Å². The van der Waals surface area contributed by atoms with Gasteiger partial charge in [-0.15, -0.1) is 0 Å². The van der Waals surface area contributed by atoms with E-state index in [4.69, 9.17) is 0 Å². The predicted octanol–water partition coefficient (Wildman–Crippen LogP) is 3.73. The lowest BCUT2D eigenvalue weighted by molar-refractivity contribution is -0.117. The molecule has 1 aromatic rings. The van der Waals surface area contributed by atoms with Crippen LogP contribution in [-0.2, 0) is 4.79 Å². The molecule has 0 saturated carbocycles. The van der Waals surface area contributed by atoms with E-state index in [1.165, 1.54) is 6.07 Å². The summed E-state index contributed by atoms with van der Waals surface area (Å²) in [6.45, 7) is 4.05. The molecule has 1 unspecified atom stereocenters. The largest absolute Gasteiger partial charge is 0.326 e. The standard InChI is InChI=1S/C13H17F2NO/c1-3-4-9(2)7-13(17)16-10-5-6-11(14)12(15)8-10/h5-6,8-9H,3-4,7H2,1-2H3,(H,16,17). The van der Waals surface area contributed by atoms with Crippen LogP contribution in [0.25, 0.3) is 0 Å². The number of amides is 1. The van der Waals surface area contributed by atoms with Gasteiger partial charge in [-0.3, -0.25) is 4.79 Å². The maximum Gasteiger partial charge on any atom is 0.224 e. The molecule has 1 N–H and O–H groups in total. The van der Waals surface area contributed by atoms with Gasteiger partial charge in [-0.05, 0) is 18.1 Å². The van der Waals surface area contributed by atoms with Crippen molar-refractivity contribution in [3.8, 4) is 0 Å². The first-order valence-electron chi connectivity index (χ1n) is 5.77. The first kappa shape index (κ1) is 13.6. The SMILES string of the molecule is CCCC(C)CC(=O)Nc1ccc(F)c(F)c1. The number of nitrogens with one attached hydrogen (secondary N) is 1. The average Bonchev–Trinajstić information content (AvgIpc) is 2.23. The van der Waals surface area contributed by atoms with Crippen molar-refractivity contribution < 1.29 is 13.6 Å². The van der Waals surface area contributed by atoms with Crippen LogP contribution in [0.4, 0.5) is 14.5 Å². The molecular weight excluding hydrogens is 224 g/mol. The highest BCUT2D eigenvalue weighted by atomic mass is 19.2. The molecule has 0 aliphatic heterocycles. The molecular formula is C13H17F2NO. The summed E-state index contributed by atoms with van der Waals surface area (Å²) in [5, 5.41) is 2.55. The maximum absolute atomic E-state index is 12.9. The number of carbonyl (C=O) groups excluding carboxylic acids is 1. The summed E-state index contributed by atoms with van der Waals surface area (Å²) in [5.41, 5.74) is 0.289. The third kappa shape index (κ3) is 4.51. The van der Waals surface area contributed by atoms with Crippen molar-refractivity contribution in [3.63, 3.8) is 0 Å². The Bertz CT molecular complexity index is 393. The minimum Gasteiger partial charge on any atom is -0.326 e. The van der Waals surface area contributed by atoms with Crippen molar-refractivity contribution in [3.05, 3.63) is 29.8 Å². The Hall–Kier alpha value is -1.45. The number of hydrogen-bond donors (Lipinski definition) is 1. The van der Waals surface area contributed by atoms with Crippen LogP contribution in [0.3, 0.4) is 0 Å². The number of benzene rings is 1. The zero-order valence-corrected chi connectivity index (χ0v) is 10.1. The van der Waals surface area contributed by atoms with Gasteiger partial charge in [0.1, 0.15) is 0 Å². The van der Waals surface area contributed by atoms with Crippen LogP contribution in [0.15, 0.2) is 18.2 Å². The Morgan fingerprint density at radius 1 is 1.35 bits per heavy atom. The van der Waals surface area contributed by atoms with Crippen LogP contribution in [-0.4, -0.2) is 5.91 Å². The highest BCUT2D eigenvalue weighted by molar-refractivity contribution is 5.90. The number of anilines is 1. The fourth-order valence-corrected chi connectivity index (χ4v) is 1.70. The Morgan fingerprint density at radius 3 is 2.65 bits per heavy atom.